The lowest BCUT2D eigenvalue weighted by molar-refractivity contribution is -0.154. The summed E-state index contributed by atoms with van der Waals surface area (Å²) in [7, 11) is 3.05. The second kappa shape index (κ2) is 13.3. The van der Waals surface area contributed by atoms with Crippen LogP contribution in [0.4, 0.5) is 16.7 Å². The fraction of sp³-hybridized carbons (Fsp3) is 0.400. The number of aromatic nitrogens is 3. The van der Waals surface area contributed by atoms with Crippen molar-refractivity contribution in [2.75, 3.05) is 24.8 Å². The van der Waals surface area contributed by atoms with Crippen LogP contribution in [0.2, 0.25) is 0 Å². The van der Waals surface area contributed by atoms with Crippen molar-refractivity contribution < 1.29 is 23.9 Å². The molecule has 0 saturated carbocycles. The van der Waals surface area contributed by atoms with Crippen LogP contribution < -0.4 is 20.7 Å². The van der Waals surface area contributed by atoms with Crippen molar-refractivity contribution in [1.29, 1.82) is 0 Å². The summed E-state index contributed by atoms with van der Waals surface area (Å²) in [5, 5.41) is 9.10. The largest absolute Gasteiger partial charge is 0.497 e. The quantitative estimate of drug-likeness (QED) is 0.217. The molecule has 1 atom stereocenters. The lowest BCUT2D eigenvalue weighted by Gasteiger charge is -2.19. The second-order valence-electron chi connectivity index (χ2n) is 11.0. The van der Waals surface area contributed by atoms with Gasteiger partial charge in [0.2, 0.25) is 11.9 Å². The Hall–Kier alpha value is -4.74. The molecule has 0 spiro atoms. The molecule has 1 saturated heterocycles. The smallest absolute Gasteiger partial charge is 0.324 e. The highest BCUT2D eigenvalue weighted by Crippen LogP contribution is 2.16. The lowest BCUT2D eigenvalue weighted by Crippen LogP contribution is -2.32. The number of nitrogens with one attached hydrogen (secondary N) is 3. The van der Waals surface area contributed by atoms with E-state index in [1.165, 1.54) is 7.05 Å². The van der Waals surface area contributed by atoms with E-state index in [9.17, 15) is 14.4 Å². The predicted molar refractivity (Wildman–Crippen MR) is 157 cm³/mol. The molecule has 0 bridgehead atoms. The van der Waals surface area contributed by atoms with Gasteiger partial charge in [0.1, 0.15) is 23.2 Å². The number of nitrogens with zero attached hydrogens (tertiary/aromatic N) is 4. The van der Waals surface area contributed by atoms with Crippen LogP contribution in [0.3, 0.4) is 0 Å². The monoisotopic (exact) mass is 575 g/mol. The third-order valence-corrected chi connectivity index (χ3v) is 6.42. The van der Waals surface area contributed by atoms with E-state index in [1.54, 1.807) is 7.11 Å². The normalized spacial score (nSPS) is 14.9. The minimum Gasteiger partial charge on any atom is -0.497 e. The fourth-order valence-corrected chi connectivity index (χ4v) is 4.20. The average molecular weight is 576 g/mol. The third kappa shape index (κ3) is 8.63. The molecule has 2 aromatic carbocycles. The Balaban J connectivity index is 1.42. The number of ether oxygens (including phenoxy) is 2. The lowest BCUT2D eigenvalue weighted by atomic mass is 10.1. The van der Waals surface area contributed by atoms with Crippen molar-refractivity contribution in [3.8, 4) is 5.75 Å². The highest BCUT2D eigenvalue weighted by Gasteiger charge is 2.36. The van der Waals surface area contributed by atoms with Gasteiger partial charge in [0, 0.05) is 33.0 Å². The molecule has 3 aromatic rings. The van der Waals surface area contributed by atoms with Crippen LogP contribution in [0.5, 0.6) is 5.75 Å². The summed E-state index contributed by atoms with van der Waals surface area (Å²) in [6.45, 7) is 6.46. The molecule has 1 aliphatic rings. The number of anilines is 2. The first-order chi connectivity index (χ1) is 20.0. The number of carbonyl (C=O) groups is 3. The first-order valence-electron chi connectivity index (χ1n) is 13.7. The van der Waals surface area contributed by atoms with Gasteiger partial charge in [0.15, 0.2) is 0 Å². The number of aryl methyl sites for hydroxylation is 1. The minimum absolute atomic E-state index is 0.121. The standard InChI is InChI=1S/C30H37N7O5/c1-30(2,3)42-25(38)15-12-19-6-8-20(9-7-19)17-31-27-34-24(16-23-26(39)37(4)29(40)33-23)35-28(36-27)32-18-21-10-13-22(41-5)14-11-21/h6-11,13-14,23H,12,15-18H2,1-5H3,(H,33,40)(H2,31,32,34,35,36). The second-order valence-corrected chi connectivity index (χ2v) is 11.0. The van der Waals surface area contributed by atoms with Crippen LogP contribution in [0.1, 0.15) is 49.7 Å². The first-order valence-corrected chi connectivity index (χ1v) is 13.7. The van der Waals surface area contributed by atoms with Gasteiger partial charge in [-0.2, -0.15) is 15.0 Å². The van der Waals surface area contributed by atoms with Gasteiger partial charge in [-0.15, -0.1) is 0 Å². The summed E-state index contributed by atoms with van der Waals surface area (Å²) in [6, 6.07) is 14.3. The summed E-state index contributed by atoms with van der Waals surface area (Å²) < 4.78 is 10.6. The molecular formula is C30H37N7O5. The van der Waals surface area contributed by atoms with Crippen LogP contribution in [0.25, 0.3) is 0 Å². The molecule has 12 heteroatoms. The van der Waals surface area contributed by atoms with Gasteiger partial charge in [-0.1, -0.05) is 36.4 Å². The molecule has 2 heterocycles. The van der Waals surface area contributed by atoms with Crippen LogP contribution in [0.15, 0.2) is 48.5 Å². The summed E-state index contributed by atoms with van der Waals surface area (Å²) in [5.74, 6) is 1.22. The summed E-state index contributed by atoms with van der Waals surface area (Å²) in [6.07, 6.45) is 1.03. The number of hydrogen-bond donors (Lipinski definition) is 3. The number of likely N-dealkylation sites (N-methyl/N-ethyl adjacent to an activating group) is 1. The van der Waals surface area contributed by atoms with Gasteiger partial charge in [0.05, 0.1) is 7.11 Å². The number of hydrogen-bond acceptors (Lipinski definition) is 10. The van der Waals surface area contributed by atoms with Gasteiger partial charge in [-0.25, -0.2) is 4.79 Å². The molecule has 3 N–H and O–H groups in total. The number of imide groups is 1. The van der Waals surface area contributed by atoms with Crippen molar-refractivity contribution in [3.63, 3.8) is 0 Å². The zero-order valence-electron chi connectivity index (χ0n) is 24.6. The van der Waals surface area contributed by atoms with Crippen molar-refractivity contribution in [1.82, 2.24) is 25.2 Å². The molecule has 1 aromatic heterocycles. The van der Waals surface area contributed by atoms with Crippen LogP contribution in [0, 0.1) is 0 Å². The van der Waals surface area contributed by atoms with E-state index in [2.05, 4.69) is 30.9 Å². The number of carbonyl (C=O) groups excluding carboxylic acids is 3. The number of rotatable bonds is 12. The molecule has 222 valence electrons. The molecule has 0 aliphatic carbocycles. The van der Waals surface area contributed by atoms with Crippen molar-refractivity contribution in [2.24, 2.45) is 0 Å². The Kier molecular flexibility index (Phi) is 9.56. The van der Waals surface area contributed by atoms with Gasteiger partial charge < -0.3 is 25.4 Å². The third-order valence-electron chi connectivity index (χ3n) is 6.42. The molecule has 0 radical (unpaired) electrons. The van der Waals surface area contributed by atoms with Gasteiger partial charge in [-0.3, -0.25) is 14.5 Å². The first kappa shape index (κ1) is 30.2. The molecular weight excluding hydrogens is 538 g/mol. The van der Waals surface area contributed by atoms with Crippen LogP contribution >= 0.6 is 0 Å². The maximum absolute atomic E-state index is 12.4. The Morgan fingerprint density at radius 3 is 1.95 bits per heavy atom. The highest BCUT2D eigenvalue weighted by atomic mass is 16.6. The summed E-state index contributed by atoms with van der Waals surface area (Å²) in [5.41, 5.74) is 2.53. The molecule has 1 fully saturated rings. The van der Waals surface area contributed by atoms with Crippen LogP contribution in [-0.4, -0.2) is 63.6 Å². The zero-order valence-corrected chi connectivity index (χ0v) is 24.6. The van der Waals surface area contributed by atoms with E-state index in [1.807, 2.05) is 69.3 Å². The summed E-state index contributed by atoms with van der Waals surface area (Å²) >= 11 is 0. The number of amides is 3. The van der Waals surface area contributed by atoms with E-state index >= 15 is 0 Å². The van der Waals surface area contributed by atoms with E-state index in [-0.39, 0.29) is 18.3 Å². The fourth-order valence-electron chi connectivity index (χ4n) is 4.20. The van der Waals surface area contributed by atoms with Gasteiger partial charge in [-0.05, 0) is 56.0 Å². The molecule has 1 unspecified atom stereocenters. The Morgan fingerprint density at radius 1 is 0.905 bits per heavy atom. The van der Waals surface area contributed by atoms with E-state index in [4.69, 9.17) is 9.47 Å². The van der Waals surface area contributed by atoms with Gasteiger partial charge >= 0.3 is 12.0 Å². The SMILES string of the molecule is COc1ccc(CNc2nc(CC3NC(=O)N(C)C3=O)nc(NCc3ccc(CCC(=O)OC(C)(C)C)cc3)n2)cc1. The molecule has 3 amide bonds. The topological polar surface area (TPSA) is 148 Å². The highest BCUT2D eigenvalue weighted by molar-refractivity contribution is 6.03. The Labute approximate surface area is 245 Å². The molecule has 42 heavy (non-hydrogen) atoms. The van der Waals surface area contributed by atoms with Gasteiger partial charge in [0.25, 0.3) is 5.91 Å². The molecule has 4 rings (SSSR count). The number of methoxy groups -OCH3 is 1. The maximum atomic E-state index is 12.4. The predicted octanol–water partition coefficient (Wildman–Crippen LogP) is 3.47. The number of urea groups is 1. The van der Waals surface area contributed by atoms with Crippen molar-refractivity contribution in [2.45, 2.75) is 64.8 Å². The van der Waals surface area contributed by atoms with E-state index in [0.717, 1.165) is 27.3 Å². The average Bonchev–Trinajstić information content (AvgIpc) is 3.19. The van der Waals surface area contributed by atoms with E-state index in [0.29, 0.717) is 43.7 Å². The zero-order chi connectivity index (χ0) is 30.3. The summed E-state index contributed by atoms with van der Waals surface area (Å²) in [4.78, 5) is 50.9. The maximum Gasteiger partial charge on any atom is 0.324 e. The minimum atomic E-state index is -0.750. The van der Waals surface area contributed by atoms with Crippen LogP contribution in [-0.2, 0) is 40.3 Å². The Morgan fingerprint density at radius 2 is 1.45 bits per heavy atom. The van der Waals surface area contributed by atoms with Crippen molar-refractivity contribution in [3.05, 3.63) is 71.0 Å². The number of benzene rings is 2. The number of esters is 1. The molecule has 1 aliphatic heterocycles. The Bertz CT molecular complexity index is 1410. The van der Waals surface area contributed by atoms with E-state index < -0.39 is 17.7 Å². The molecule has 12 nitrogen and oxygen atoms in total. The van der Waals surface area contributed by atoms with Crippen molar-refractivity contribution >= 4 is 29.8 Å².